The first-order valence-electron chi connectivity index (χ1n) is 6.13. The highest BCUT2D eigenvalue weighted by Crippen LogP contribution is 2.18. The lowest BCUT2D eigenvalue weighted by Crippen LogP contribution is -2.33. The maximum absolute atomic E-state index is 12.0. The van der Waals surface area contributed by atoms with E-state index in [1.807, 2.05) is 13.8 Å². The molecule has 0 aliphatic heterocycles. The first-order valence-corrected chi connectivity index (χ1v) is 7.30. The Kier molecular flexibility index (Phi) is 6.42. The summed E-state index contributed by atoms with van der Waals surface area (Å²) in [7, 11) is 0. The second-order valence-electron chi connectivity index (χ2n) is 4.87. The summed E-state index contributed by atoms with van der Waals surface area (Å²) in [6.45, 7) is 3.94. The zero-order chi connectivity index (χ0) is 15.3. The number of carboxylic acids is 1. The number of halogens is 2. The van der Waals surface area contributed by atoms with E-state index in [1.54, 1.807) is 6.07 Å². The largest absolute Gasteiger partial charge is 0.481 e. The lowest BCUT2D eigenvalue weighted by molar-refractivity contribution is -0.142. The van der Waals surface area contributed by atoms with Crippen molar-refractivity contribution in [2.24, 2.45) is 11.8 Å². The Morgan fingerprint density at radius 3 is 2.70 bits per heavy atom. The third kappa shape index (κ3) is 5.09. The van der Waals surface area contributed by atoms with Crippen LogP contribution in [0.15, 0.2) is 16.7 Å². The van der Waals surface area contributed by atoms with E-state index in [2.05, 4.69) is 26.2 Å². The number of nitrogens with one attached hydrogen (secondary N) is 1. The van der Waals surface area contributed by atoms with Gasteiger partial charge in [0.25, 0.3) is 5.91 Å². The number of amides is 1. The van der Waals surface area contributed by atoms with Gasteiger partial charge in [-0.05, 0) is 34.3 Å². The molecule has 0 fully saturated rings. The first kappa shape index (κ1) is 16.9. The van der Waals surface area contributed by atoms with Crippen molar-refractivity contribution in [1.29, 1.82) is 0 Å². The van der Waals surface area contributed by atoms with Gasteiger partial charge in [0.05, 0.1) is 11.5 Å². The highest BCUT2D eigenvalue weighted by Gasteiger charge is 2.21. The van der Waals surface area contributed by atoms with E-state index >= 15 is 0 Å². The van der Waals surface area contributed by atoms with E-state index in [0.29, 0.717) is 10.9 Å². The molecule has 1 aromatic heterocycles. The fourth-order valence-electron chi connectivity index (χ4n) is 1.73. The fourth-order valence-corrected chi connectivity index (χ4v) is 2.25. The molecule has 110 valence electrons. The van der Waals surface area contributed by atoms with Gasteiger partial charge in [-0.2, -0.15) is 0 Å². The summed E-state index contributed by atoms with van der Waals surface area (Å²) in [4.78, 5) is 26.9. The van der Waals surface area contributed by atoms with Crippen LogP contribution in [-0.2, 0) is 4.79 Å². The monoisotopic (exact) mass is 362 g/mol. The molecular formula is C13H16BrClN2O3. The molecule has 1 heterocycles. The Hall–Kier alpha value is -1.14. The molecule has 1 atom stereocenters. The predicted octanol–water partition coefficient (Wildman–Crippen LogP) is 2.97. The second-order valence-corrected chi connectivity index (χ2v) is 6.14. The minimum Gasteiger partial charge on any atom is -0.481 e. The molecule has 1 amide bonds. The number of aromatic nitrogens is 1. The van der Waals surface area contributed by atoms with Gasteiger partial charge in [-0.1, -0.05) is 25.4 Å². The quantitative estimate of drug-likeness (QED) is 0.762. The summed E-state index contributed by atoms with van der Waals surface area (Å²) in [6, 6.07) is 1.54. The molecule has 0 saturated carbocycles. The van der Waals surface area contributed by atoms with Crippen molar-refractivity contribution >= 4 is 39.4 Å². The number of hydrogen-bond donors (Lipinski definition) is 2. The summed E-state index contributed by atoms with van der Waals surface area (Å²) in [5, 5.41) is 11.8. The van der Waals surface area contributed by atoms with Crippen LogP contribution in [0.1, 0.15) is 30.6 Å². The van der Waals surface area contributed by atoms with E-state index in [-0.39, 0.29) is 23.2 Å². The van der Waals surface area contributed by atoms with Crippen LogP contribution in [0, 0.1) is 11.8 Å². The van der Waals surface area contributed by atoms with E-state index in [9.17, 15) is 9.59 Å². The van der Waals surface area contributed by atoms with Crippen molar-refractivity contribution in [3.05, 3.63) is 27.5 Å². The predicted molar refractivity (Wildman–Crippen MR) is 79.9 cm³/mol. The molecule has 1 rings (SSSR count). The van der Waals surface area contributed by atoms with Gasteiger partial charge in [-0.25, -0.2) is 4.98 Å². The molecule has 5 nitrogen and oxygen atoms in total. The van der Waals surface area contributed by atoms with E-state index in [0.717, 1.165) is 0 Å². The summed E-state index contributed by atoms with van der Waals surface area (Å²) in [6.07, 6.45) is 1.98. The Balaban J connectivity index is 2.70. The van der Waals surface area contributed by atoms with Gasteiger partial charge in [0.2, 0.25) is 0 Å². The molecular weight excluding hydrogens is 348 g/mol. The third-order valence-electron chi connectivity index (χ3n) is 2.66. The highest BCUT2D eigenvalue weighted by atomic mass is 79.9. The van der Waals surface area contributed by atoms with Crippen molar-refractivity contribution in [2.75, 3.05) is 6.54 Å². The number of pyridine rings is 1. The Morgan fingerprint density at radius 1 is 1.50 bits per heavy atom. The smallest absolute Gasteiger partial charge is 0.308 e. The molecule has 2 N–H and O–H groups in total. The topological polar surface area (TPSA) is 79.3 Å². The first-order chi connectivity index (χ1) is 9.31. The zero-order valence-electron chi connectivity index (χ0n) is 11.2. The standard InChI is InChI=1S/C13H16BrClN2O3/c1-7(2)3-8(13(19)20)5-17-12(18)10-4-9(14)6-16-11(10)15/h4,6-8H,3,5H2,1-2H3,(H,17,18)(H,19,20). The van der Waals surface area contributed by atoms with Gasteiger partial charge in [0, 0.05) is 17.2 Å². The van der Waals surface area contributed by atoms with Gasteiger partial charge in [0.15, 0.2) is 0 Å². The number of rotatable bonds is 6. The van der Waals surface area contributed by atoms with Gasteiger partial charge in [0.1, 0.15) is 5.15 Å². The second kappa shape index (κ2) is 7.59. The Morgan fingerprint density at radius 2 is 2.15 bits per heavy atom. The Bertz CT molecular complexity index is 508. The van der Waals surface area contributed by atoms with Crippen LogP contribution in [0.4, 0.5) is 0 Å². The summed E-state index contributed by atoms with van der Waals surface area (Å²) in [5.41, 5.74) is 0.217. The number of carbonyl (C=O) groups is 2. The SMILES string of the molecule is CC(C)CC(CNC(=O)c1cc(Br)cnc1Cl)C(=O)O. The molecule has 0 aliphatic carbocycles. The summed E-state index contributed by atoms with van der Waals surface area (Å²) in [5.74, 6) is -1.72. The van der Waals surface area contributed by atoms with Crippen LogP contribution in [0.3, 0.4) is 0 Å². The highest BCUT2D eigenvalue weighted by molar-refractivity contribution is 9.10. The summed E-state index contributed by atoms with van der Waals surface area (Å²) >= 11 is 9.05. The molecule has 1 unspecified atom stereocenters. The third-order valence-corrected chi connectivity index (χ3v) is 3.40. The zero-order valence-corrected chi connectivity index (χ0v) is 13.5. The normalized spacial score (nSPS) is 12.2. The number of hydrogen-bond acceptors (Lipinski definition) is 3. The lowest BCUT2D eigenvalue weighted by atomic mass is 9.97. The number of carboxylic acid groups (broad SMARTS) is 1. The van der Waals surface area contributed by atoms with Crippen molar-refractivity contribution in [3.8, 4) is 0 Å². The van der Waals surface area contributed by atoms with Crippen LogP contribution >= 0.6 is 27.5 Å². The molecule has 7 heteroatoms. The molecule has 0 saturated heterocycles. The van der Waals surface area contributed by atoms with Crippen LogP contribution in [0.5, 0.6) is 0 Å². The van der Waals surface area contributed by atoms with Crippen molar-refractivity contribution in [3.63, 3.8) is 0 Å². The lowest BCUT2D eigenvalue weighted by Gasteiger charge is -2.15. The van der Waals surface area contributed by atoms with E-state index < -0.39 is 17.8 Å². The number of aliphatic carboxylic acids is 1. The fraction of sp³-hybridized carbons (Fsp3) is 0.462. The molecule has 1 aromatic rings. The average molecular weight is 364 g/mol. The van der Waals surface area contributed by atoms with Gasteiger partial charge in [-0.15, -0.1) is 0 Å². The summed E-state index contributed by atoms with van der Waals surface area (Å²) < 4.78 is 0.629. The van der Waals surface area contributed by atoms with Crippen molar-refractivity contribution < 1.29 is 14.7 Å². The molecule has 0 aromatic carbocycles. The van der Waals surface area contributed by atoms with Gasteiger partial charge < -0.3 is 10.4 Å². The minimum atomic E-state index is -0.919. The van der Waals surface area contributed by atoms with Gasteiger partial charge in [-0.3, -0.25) is 9.59 Å². The number of carbonyl (C=O) groups excluding carboxylic acids is 1. The molecule has 0 bridgehead atoms. The number of nitrogens with zero attached hydrogens (tertiary/aromatic N) is 1. The van der Waals surface area contributed by atoms with Crippen LogP contribution in [0.25, 0.3) is 0 Å². The van der Waals surface area contributed by atoms with Crippen LogP contribution in [-0.4, -0.2) is 28.5 Å². The van der Waals surface area contributed by atoms with Crippen molar-refractivity contribution in [1.82, 2.24) is 10.3 Å². The van der Waals surface area contributed by atoms with Crippen molar-refractivity contribution in [2.45, 2.75) is 20.3 Å². The maximum Gasteiger partial charge on any atom is 0.308 e. The van der Waals surface area contributed by atoms with E-state index in [1.165, 1.54) is 6.20 Å². The maximum atomic E-state index is 12.0. The van der Waals surface area contributed by atoms with E-state index in [4.69, 9.17) is 16.7 Å². The molecule has 20 heavy (non-hydrogen) atoms. The Labute approximate surface area is 130 Å². The van der Waals surface area contributed by atoms with Gasteiger partial charge >= 0.3 is 5.97 Å². The minimum absolute atomic E-state index is 0.0647. The molecule has 0 spiro atoms. The van der Waals surface area contributed by atoms with Crippen LogP contribution < -0.4 is 5.32 Å². The van der Waals surface area contributed by atoms with Crippen LogP contribution in [0.2, 0.25) is 5.15 Å². The molecule has 0 aliphatic rings. The average Bonchev–Trinajstić information content (AvgIpc) is 2.36. The molecule has 0 radical (unpaired) electrons.